The zero-order chi connectivity index (χ0) is 13.1. The molecule has 0 bridgehead atoms. The van der Waals surface area contributed by atoms with Crippen LogP contribution in [0.1, 0.15) is 32.1 Å². The van der Waals surface area contributed by atoms with E-state index in [-0.39, 0.29) is 0 Å². The highest BCUT2D eigenvalue weighted by Gasteiger charge is 2.39. The second-order valence-corrected chi connectivity index (χ2v) is 6.69. The van der Waals surface area contributed by atoms with Gasteiger partial charge in [-0.15, -0.1) is 11.8 Å². The summed E-state index contributed by atoms with van der Waals surface area (Å²) in [7, 11) is 0. The Morgan fingerprint density at radius 3 is 2.84 bits per heavy atom. The van der Waals surface area contributed by atoms with Crippen LogP contribution >= 0.6 is 11.8 Å². The molecule has 1 spiro atoms. The number of nitrogens with zero attached hydrogens (tertiary/aromatic N) is 1. The Bertz CT molecular complexity index is 418. The Labute approximate surface area is 121 Å². The SMILES string of the molecule is CSc1cccc(N2CCNCC23CCCCC3)c1. The first kappa shape index (κ1) is 13.3. The van der Waals surface area contributed by atoms with E-state index >= 15 is 0 Å². The zero-order valence-electron chi connectivity index (χ0n) is 11.8. The number of rotatable bonds is 2. The summed E-state index contributed by atoms with van der Waals surface area (Å²) < 4.78 is 0. The fraction of sp³-hybridized carbons (Fsp3) is 0.625. The average molecular weight is 276 g/mol. The second kappa shape index (κ2) is 5.76. The van der Waals surface area contributed by atoms with Crippen molar-refractivity contribution in [1.29, 1.82) is 0 Å². The highest BCUT2D eigenvalue weighted by atomic mass is 32.2. The Morgan fingerprint density at radius 2 is 2.05 bits per heavy atom. The molecule has 3 heteroatoms. The number of piperazine rings is 1. The van der Waals surface area contributed by atoms with E-state index in [1.807, 2.05) is 11.8 Å². The third kappa shape index (κ3) is 2.63. The molecule has 0 aromatic heterocycles. The van der Waals surface area contributed by atoms with E-state index in [1.54, 1.807) is 0 Å². The van der Waals surface area contributed by atoms with Gasteiger partial charge in [0.2, 0.25) is 0 Å². The van der Waals surface area contributed by atoms with Crippen molar-refractivity contribution in [1.82, 2.24) is 5.32 Å². The standard InChI is InChI=1S/C16H24N2S/c1-19-15-7-5-6-14(12-15)18-11-10-17-13-16(18)8-3-2-4-9-16/h5-7,12,17H,2-4,8-11,13H2,1H3. The molecular formula is C16H24N2S. The molecule has 1 aromatic carbocycles. The fourth-order valence-electron chi connectivity index (χ4n) is 3.68. The number of hydrogen-bond acceptors (Lipinski definition) is 3. The number of nitrogens with one attached hydrogen (secondary N) is 1. The summed E-state index contributed by atoms with van der Waals surface area (Å²) >= 11 is 1.84. The molecular weight excluding hydrogens is 252 g/mol. The van der Waals surface area contributed by atoms with Crippen molar-refractivity contribution >= 4 is 17.4 Å². The lowest BCUT2D eigenvalue weighted by Crippen LogP contribution is -2.62. The summed E-state index contributed by atoms with van der Waals surface area (Å²) in [4.78, 5) is 4.07. The van der Waals surface area contributed by atoms with Gasteiger partial charge in [-0.25, -0.2) is 0 Å². The van der Waals surface area contributed by atoms with Crippen LogP contribution in [0, 0.1) is 0 Å². The first-order valence-electron chi connectivity index (χ1n) is 7.46. The van der Waals surface area contributed by atoms with E-state index < -0.39 is 0 Å². The van der Waals surface area contributed by atoms with Gasteiger partial charge >= 0.3 is 0 Å². The Hall–Kier alpha value is -0.670. The minimum absolute atomic E-state index is 0.382. The van der Waals surface area contributed by atoms with Crippen LogP contribution in [0.4, 0.5) is 5.69 Å². The number of hydrogen-bond donors (Lipinski definition) is 1. The maximum atomic E-state index is 3.63. The van der Waals surface area contributed by atoms with Gasteiger partial charge in [0, 0.05) is 30.2 Å². The van der Waals surface area contributed by atoms with Crippen LogP contribution in [-0.4, -0.2) is 31.4 Å². The summed E-state index contributed by atoms with van der Waals surface area (Å²) in [5.74, 6) is 0. The molecule has 1 aliphatic heterocycles. The zero-order valence-corrected chi connectivity index (χ0v) is 12.6. The van der Waals surface area contributed by atoms with E-state index in [4.69, 9.17) is 0 Å². The van der Waals surface area contributed by atoms with E-state index in [2.05, 4.69) is 40.7 Å². The molecule has 3 rings (SSSR count). The van der Waals surface area contributed by atoms with Crippen molar-refractivity contribution in [3.8, 4) is 0 Å². The number of anilines is 1. The average Bonchev–Trinajstić information content (AvgIpc) is 2.49. The van der Waals surface area contributed by atoms with Gasteiger partial charge in [0.25, 0.3) is 0 Å². The van der Waals surface area contributed by atoms with Crippen LogP contribution in [0.5, 0.6) is 0 Å². The predicted octanol–water partition coefficient (Wildman–Crippen LogP) is 3.52. The van der Waals surface area contributed by atoms with E-state index in [1.165, 1.54) is 42.7 Å². The van der Waals surface area contributed by atoms with Crippen molar-refractivity contribution in [2.24, 2.45) is 0 Å². The van der Waals surface area contributed by atoms with Crippen LogP contribution in [0.2, 0.25) is 0 Å². The molecule has 1 aliphatic carbocycles. The summed E-state index contributed by atoms with van der Waals surface area (Å²) in [6.07, 6.45) is 9.06. The maximum absolute atomic E-state index is 3.63. The lowest BCUT2D eigenvalue weighted by molar-refractivity contribution is 0.241. The molecule has 1 N–H and O–H groups in total. The Kier molecular flexibility index (Phi) is 4.04. The van der Waals surface area contributed by atoms with E-state index in [0.717, 1.165) is 19.6 Å². The van der Waals surface area contributed by atoms with Gasteiger partial charge in [-0.2, -0.15) is 0 Å². The van der Waals surface area contributed by atoms with Gasteiger partial charge < -0.3 is 10.2 Å². The van der Waals surface area contributed by atoms with Gasteiger partial charge in [-0.1, -0.05) is 25.3 Å². The summed E-state index contributed by atoms with van der Waals surface area (Å²) in [5.41, 5.74) is 1.81. The highest BCUT2D eigenvalue weighted by Crippen LogP contribution is 2.38. The minimum atomic E-state index is 0.382. The monoisotopic (exact) mass is 276 g/mol. The molecule has 104 valence electrons. The first-order chi connectivity index (χ1) is 9.34. The largest absolute Gasteiger partial charge is 0.363 e. The molecule has 0 amide bonds. The van der Waals surface area contributed by atoms with Gasteiger partial charge in [0.05, 0.1) is 5.54 Å². The number of benzene rings is 1. The molecule has 0 unspecified atom stereocenters. The first-order valence-corrected chi connectivity index (χ1v) is 8.69. The van der Waals surface area contributed by atoms with Crippen LogP contribution in [0.15, 0.2) is 29.2 Å². The molecule has 2 aliphatic rings. The predicted molar refractivity (Wildman–Crippen MR) is 84.3 cm³/mol. The molecule has 1 heterocycles. The van der Waals surface area contributed by atoms with Crippen LogP contribution < -0.4 is 10.2 Å². The molecule has 1 aromatic rings. The lowest BCUT2D eigenvalue weighted by atomic mass is 9.78. The van der Waals surface area contributed by atoms with Crippen molar-refractivity contribution in [3.63, 3.8) is 0 Å². The van der Waals surface area contributed by atoms with Crippen LogP contribution in [0.3, 0.4) is 0 Å². The van der Waals surface area contributed by atoms with Crippen molar-refractivity contribution < 1.29 is 0 Å². The topological polar surface area (TPSA) is 15.3 Å². The van der Waals surface area contributed by atoms with Crippen molar-refractivity contribution in [3.05, 3.63) is 24.3 Å². The van der Waals surface area contributed by atoms with Gasteiger partial charge in [-0.05, 0) is 37.3 Å². The quantitative estimate of drug-likeness (QED) is 0.832. The molecule has 0 radical (unpaired) electrons. The van der Waals surface area contributed by atoms with Gasteiger partial charge in [0.15, 0.2) is 0 Å². The third-order valence-electron chi connectivity index (χ3n) is 4.69. The highest BCUT2D eigenvalue weighted by molar-refractivity contribution is 7.98. The Morgan fingerprint density at radius 1 is 1.21 bits per heavy atom. The molecule has 1 saturated heterocycles. The summed E-state index contributed by atoms with van der Waals surface area (Å²) in [6, 6.07) is 9.08. The summed E-state index contributed by atoms with van der Waals surface area (Å²) in [6.45, 7) is 3.43. The maximum Gasteiger partial charge on any atom is 0.0527 e. The molecule has 1 saturated carbocycles. The second-order valence-electron chi connectivity index (χ2n) is 5.81. The smallest absolute Gasteiger partial charge is 0.0527 e. The molecule has 19 heavy (non-hydrogen) atoms. The third-order valence-corrected chi connectivity index (χ3v) is 5.41. The van der Waals surface area contributed by atoms with Crippen molar-refractivity contribution in [2.45, 2.75) is 42.5 Å². The van der Waals surface area contributed by atoms with Crippen LogP contribution in [-0.2, 0) is 0 Å². The van der Waals surface area contributed by atoms with Gasteiger partial charge in [-0.3, -0.25) is 0 Å². The lowest BCUT2D eigenvalue weighted by Gasteiger charge is -2.51. The number of thioether (sulfide) groups is 1. The van der Waals surface area contributed by atoms with Crippen LogP contribution in [0.25, 0.3) is 0 Å². The molecule has 2 nitrogen and oxygen atoms in total. The van der Waals surface area contributed by atoms with E-state index in [9.17, 15) is 0 Å². The minimum Gasteiger partial charge on any atom is -0.363 e. The normalized spacial score (nSPS) is 22.7. The fourth-order valence-corrected chi connectivity index (χ4v) is 4.14. The van der Waals surface area contributed by atoms with Gasteiger partial charge in [0.1, 0.15) is 0 Å². The molecule has 2 fully saturated rings. The van der Waals surface area contributed by atoms with E-state index in [0.29, 0.717) is 5.54 Å². The summed E-state index contributed by atoms with van der Waals surface area (Å²) in [5, 5.41) is 3.63. The molecule has 0 atom stereocenters. The Balaban J connectivity index is 1.90. The van der Waals surface area contributed by atoms with Crippen molar-refractivity contribution in [2.75, 3.05) is 30.8 Å².